The number of carbonyl (C=O) groups is 2. The van der Waals surface area contributed by atoms with Gasteiger partial charge < -0.3 is 10.2 Å². The fourth-order valence-electron chi connectivity index (χ4n) is 4.45. The smallest absolute Gasteiger partial charge is 0.328 e. The van der Waals surface area contributed by atoms with Crippen molar-refractivity contribution in [1.29, 1.82) is 0 Å². The molecule has 1 aromatic carbocycles. The van der Waals surface area contributed by atoms with E-state index in [-0.39, 0.29) is 11.9 Å². The SMILES string of the molecule is Cc1cc(N2CCC3(CCNCC3)C2)ccc1N1CCC(=O)NC1=O. The molecule has 0 bridgehead atoms. The van der Waals surface area contributed by atoms with Gasteiger partial charge in [0, 0.05) is 37.4 Å². The Morgan fingerprint density at radius 3 is 2.60 bits per heavy atom. The van der Waals surface area contributed by atoms with Gasteiger partial charge in [0.05, 0.1) is 0 Å². The number of hydrogen-bond donors (Lipinski definition) is 2. The predicted molar refractivity (Wildman–Crippen MR) is 98.0 cm³/mol. The summed E-state index contributed by atoms with van der Waals surface area (Å²) < 4.78 is 0. The molecule has 0 aliphatic carbocycles. The Kier molecular flexibility index (Phi) is 4.15. The topological polar surface area (TPSA) is 64.7 Å². The van der Waals surface area contributed by atoms with Crippen LogP contribution in [0.2, 0.25) is 0 Å². The molecule has 3 aliphatic heterocycles. The van der Waals surface area contributed by atoms with Crippen molar-refractivity contribution in [2.45, 2.75) is 32.6 Å². The maximum absolute atomic E-state index is 12.1. The first-order valence-corrected chi connectivity index (χ1v) is 9.24. The van der Waals surface area contributed by atoms with Crippen LogP contribution in [0, 0.1) is 12.3 Å². The predicted octanol–water partition coefficient (Wildman–Crippen LogP) is 2.02. The Balaban J connectivity index is 1.50. The summed E-state index contributed by atoms with van der Waals surface area (Å²) in [5.74, 6) is -0.195. The van der Waals surface area contributed by atoms with Crippen LogP contribution in [0.4, 0.5) is 16.2 Å². The zero-order valence-corrected chi connectivity index (χ0v) is 14.8. The molecule has 6 nitrogen and oxygen atoms in total. The van der Waals surface area contributed by atoms with Crippen LogP contribution in [0.5, 0.6) is 0 Å². The lowest BCUT2D eigenvalue weighted by Crippen LogP contribution is -2.49. The van der Waals surface area contributed by atoms with E-state index in [0.29, 0.717) is 18.4 Å². The summed E-state index contributed by atoms with van der Waals surface area (Å²) in [6.45, 7) is 7.00. The quantitative estimate of drug-likeness (QED) is 0.863. The Bertz CT molecular complexity index is 697. The van der Waals surface area contributed by atoms with Crippen molar-refractivity contribution in [3.05, 3.63) is 23.8 Å². The van der Waals surface area contributed by atoms with Crippen LogP contribution < -0.4 is 20.4 Å². The number of rotatable bonds is 2. The second-order valence-corrected chi connectivity index (χ2v) is 7.65. The third kappa shape index (κ3) is 3.11. The zero-order valence-electron chi connectivity index (χ0n) is 14.8. The van der Waals surface area contributed by atoms with Gasteiger partial charge in [0.2, 0.25) is 5.91 Å². The van der Waals surface area contributed by atoms with Crippen LogP contribution in [0.15, 0.2) is 18.2 Å². The Hall–Kier alpha value is -2.08. The number of anilines is 2. The summed E-state index contributed by atoms with van der Waals surface area (Å²) in [7, 11) is 0. The molecule has 2 N–H and O–H groups in total. The molecule has 4 rings (SSSR count). The van der Waals surface area contributed by atoms with Gasteiger partial charge in [0.15, 0.2) is 0 Å². The zero-order chi connectivity index (χ0) is 17.4. The molecular formula is C19H26N4O2. The average molecular weight is 342 g/mol. The molecule has 0 radical (unpaired) electrons. The van der Waals surface area contributed by atoms with Gasteiger partial charge in [0.25, 0.3) is 0 Å². The number of piperidine rings is 1. The van der Waals surface area contributed by atoms with Crippen LogP contribution >= 0.6 is 0 Å². The summed E-state index contributed by atoms with van der Waals surface area (Å²) in [5.41, 5.74) is 3.69. The maximum Gasteiger partial charge on any atom is 0.328 e. The molecular weight excluding hydrogens is 316 g/mol. The molecule has 3 fully saturated rings. The molecule has 0 saturated carbocycles. The van der Waals surface area contributed by atoms with Gasteiger partial charge in [0.1, 0.15) is 0 Å². The first-order chi connectivity index (χ1) is 12.1. The molecule has 3 aliphatic rings. The van der Waals surface area contributed by atoms with Gasteiger partial charge in [-0.3, -0.25) is 15.0 Å². The molecule has 0 aromatic heterocycles. The molecule has 3 saturated heterocycles. The van der Waals surface area contributed by atoms with Crippen molar-refractivity contribution < 1.29 is 9.59 Å². The highest BCUT2D eigenvalue weighted by atomic mass is 16.2. The maximum atomic E-state index is 12.1. The third-order valence-corrected chi connectivity index (χ3v) is 5.99. The van der Waals surface area contributed by atoms with Gasteiger partial charge >= 0.3 is 6.03 Å². The van der Waals surface area contributed by atoms with Crippen molar-refractivity contribution in [2.75, 3.05) is 42.5 Å². The van der Waals surface area contributed by atoms with Crippen molar-refractivity contribution in [3.63, 3.8) is 0 Å². The van der Waals surface area contributed by atoms with Gasteiger partial charge in [-0.25, -0.2) is 4.79 Å². The van der Waals surface area contributed by atoms with Gasteiger partial charge in [-0.2, -0.15) is 0 Å². The first kappa shape index (κ1) is 16.4. The second kappa shape index (κ2) is 6.33. The summed E-state index contributed by atoms with van der Waals surface area (Å²) in [5, 5.41) is 5.86. The number of urea groups is 1. The number of hydrogen-bond acceptors (Lipinski definition) is 4. The molecule has 134 valence electrons. The van der Waals surface area contributed by atoms with Crippen molar-refractivity contribution in [1.82, 2.24) is 10.6 Å². The van der Waals surface area contributed by atoms with E-state index in [2.05, 4.69) is 27.7 Å². The van der Waals surface area contributed by atoms with E-state index in [0.717, 1.165) is 37.4 Å². The van der Waals surface area contributed by atoms with E-state index in [1.165, 1.54) is 24.9 Å². The summed E-state index contributed by atoms with van der Waals surface area (Å²) >= 11 is 0. The molecule has 0 unspecified atom stereocenters. The molecule has 3 heterocycles. The summed E-state index contributed by atoms with van der Waals surface area (Å²) in [6, 6.07) is 6.00. The van der Waals surface area contributed by atoms with Crippen molar-refractivity contribution >= 4 is 23.3 Å². The molecule has 1 spiro atoms. The minimum Gasteiger partial charge on any atom is -0.371 e. The number of nitrogens with one attached hydrogen (secondary N) is 2. The van der Waals surface area contributed by atoms with E-state index in [1.54, 1.807) is 4.90 Å². The number of nitrogens with zero attached hydrogens (tertiary/aromatic N) is 2. The van der Waals surface area contributed by atoms with Crippen LogP contribution in [0.25, 0.3) is 0 Å². The Morgan fingerprint density at radius 1 is 1.08 bits per heavy atom. The van der Waals surface area contributed by atoms with Gasteiger partial charge in [-0.05, 0) is 68.5 Å². The number of imide groups is 1. The van der Waals surface area contributed by atoms with Gasteiger partial charge in [-0.15, -0.1) is 0 Å². The van der Waals surface area contributed by atoms with Gasteiger partial charge in [-0.1, -0.05) is 0 Å². The Morgan fingerprint density at radius 2 is 1.88 bits per heavy atom. The van der Waals surface area contributed by atoms with Crippen LogP contribution in [-0.2, 0) is 4.79 Å². The Labute approximate surface area is 148 Å². The van der Waals surface area contributed by atoms with Crippen LogP contribution in [0.3, 0.4) is 0 Å². The minimum absolute atomic E-state index is 0.195. The fraction of sp³-hybridized carbons (Fsp3) is 0.579. The number of amides is 3. The fourth-order valence-corrected chi connectivity index (χ4v) is 4.45. The molecule has 6 heteroatoms. The largest absolute Gasteiger partial charge is 0.371 e. The van der Waals surface area contributed by atoms with Crippen LogP contribution in [-0.4, -0.2) is 44.7 Å². The number of carbonyl (C=O) groups excluding carboxylic acids is 2. The lowest BCUT2D eigenvalue weighted by molar-refractivity contribution is -0.120. The highest BCUT2D eigenvalue weighted by Gasteiger charge is 2.39. The molecule has 1 aromatic rings. The monoisotopic (exact) mass is 342 g/mol. The average Bonchev–Trinajstić information content (AvgIpc) is 3.00. The van der Waals surface area contributed by atoms with Crippen LogP contribution in [0.1, 0.15) is 31.2 Å². The van der Waals surface area contributed by atoms with E-state index in [9.17, 15) is 9.59 Å². The molecule has 25 heavy (non-hydrogen) atoms. The third-order valence-electron chi connectivity index (χ3n) is 5.99. The summed E-state index contributed by atoms with van der Waals surface area (Å²) in [4.78, 5) is 27.6. The minimum atomic E-state index is -0.318. The normalized spacial score (nSPS) is 23.2. The summed E-state index contributed by atoms with van der Waals surface area (Å²) in [6.07, 6.45) is 4.16. The van der Waals surface area contributed by atoms with E-state index in [4.69, 9.17) is 0 Å². The van der Waals surface area contributed by atoms with E-state index >= 15 is 0 Å². The second-order valence-electron chi connectivity index (χ2n) is 7.65. The standard InChI is InChI=1S/C19H26N4O2/c1-14-12-15(22-11-7-19(13-22)5-8-20-9-6-19)2-3-16(14)23-10-4-17(24)21-18(23)25/h2-3,12,20H,4-11,13H2,1H3,(H,21,24,25). The highest BCUT2D eigenvalue weighted by Crippen LogP contribution is 2.41. The molecule has 0 atom stereocenters. The molecule has 3 amide bonds. The van der Waals surface area contributed by atoms with Crippen molar-refractivity contribution in [2.24, 2.45) is 5.41 Å². The highest BCUT2D eigenvalue weighted by molar-refractivity contribution is 6.06. The number of aryl methyl sites for hydroxylation is 1. The lowest BCUT2D eigenvalue weighted by atomic mass is 9.78. The lowest BCUT2D eigenvalue weighted by Gasteiger charge is -2.34. The van der Waals surface area contributed by atoms with Crippen molar-refractivity contribution in [3.8, 4) is 0 Å². The van der Waals surface area contributed by atoms with E-state index in [1.807, 2.05) is 13.0 Å². The number of benzene rings is 1. The first-order valence-electron chi connectivity index (χ1n) is 9.24. The van der Waals surface area contributed by atoms with E-state index < -0.39 is 0 Å².